The molecule has 0 fully saturated rings. The molecule has 17 heavy (non-hydrogen) atoms. The lowest BCUT2D eigenvalue weighted by atomic mass is 10.0. The Labute approximate surface area is 113 Å². The van der Waals surface area contributed by atoms with Crippen LogP contribution in [0.5, 0.6) is 0 Å². The van der Waals surface area contributed by atoms with Crippen LogP contribution in [0.2, 0.25) is 5.02 Å². The van der Waals surface area contributed by atoms with Crippen molar-refractivity contribution in [2.24, 2.45) is 0 Å². The van der Waals surface area contributed by atoms with Crippen molar-refractivity contribution in [2.45, 2.75) is 6.42 Å². The first-order chi connectivity index (χ1) is 8.25. The number of benzene rings is 1. The molecule has 0 aliphatic heterocycles. The molecule has 0 N–H and O–H groups in total. The molecule has 84 valence electrons. The fraction of sp³-hybridized carbons (Fsp3) is 0.0714. The van der Waals surface area contributed by atoms with Gasteiger partial charge in [-0.25, -0.2) is 4.98 Å². The van der Waals surface area contributed by atoms with E-state index in [-0.39, 0.29) is 0 Å². The molecule has 0 atom stereocenters. The fourth-order valence-electron chi connectivity index (χ4n) is 2.16. The number of hydrogen-bond donors (Lipinski definition) is 0. The molecule has 1 aliphatic rings. The van der Waals surface area contributed by atoms with Crippen LogP contribution in [0.1, 0.15) is 16.7 Å². The maximum atomic E-state index is 6.22. The topological polar surface area (TPSA) is 12.9 Å². The summed E-state index contributed by atoms with van der Waals surface area (Å²) < 4.78 is 0.808. The number of nitrogens with zero attached hydrogens (tertiary/aromatic N) is 1. The molecule has 0 bridgehead atoms. The van der Waals surface area contributed by atoms with Crippen LogP contribution in [0.3, 0.4) is 0 Å². The summed E-state index contributed by atoms with van der Waals surface area (Å²) in [6.45, 7) is 0. The average Bonchev–Trinajstić information content (AvgIpc) is 2.76. The number of aromatic nitrogens is 1. The Morgan fingerprint density at radius 2 is 2.00 bits per heavy atom. The molecule has 3 heteroatoms. The zero-order valence-electron chi connectivity index (χ0n) is 8.95. The Morgan fingerprint density at radius 3 is 2.88 bits per heavy atom. The summed E-state index contributed by atoms with van der Waals surface area (Å²) in [5.74, 6) is 0. The highest BCUT2D eigenvalue weighted by molar-refractivity contribution is 9.10. The van der Waals surface area contributed by atoms with E-state index in [1.165, 1.54) is 16.7 Å². The zero-order valence-corrected chi connectivity index (χ0v) is 11.3. The third kappa shape index (κ3) is 1.92. The summed E-state index contributed by atoms with van der Waals surface area (Å²) in [4.78, 5) is 4.12. The molecular formula is C14H9BrClN. The van der Waals surface area contributed by atoms with Gasteiger partial charge in [0.05, 0.1) is 5.02 Å². The van der Waals surface area contributed by atoms with Crippen molar-refractivity contribution in [2.75, 3.05) is 0 Å². The minimum Gasteiger partial charge on any atom is -0.248 e. The summed E-state index contributed by atoms with van der Waals surface area (Å²) in [6.07, 6.45) is 4.88. The van der Waals surface area contributed by atoms with Crippen molar-refractivity contribution < 1.29 is 0 Å². The standard InChI is InChI=1S/C14H9BrClN/c15-14-7-12(13(16)8-17-14)11-6-5-9-3-1-2-4-10(9)11/h1-4,6-8H,5H2. The van der Waals surface area contributed by atoms with E-state index in [0.29, 0.717) is 5.02 Å². The van der Waals surface area contributed by atoms with Gasteiger partial charge in [-0.3, -0.25) is 0 Å². The molecule has 0 saturated carbocycles. The van der Waals surface area contributed by atoms with E-state index in [4.69, 9.17) is 11.6 Å². The molecule has 1 aromatic carbocycles. The summed E-state index contributed by atoms with van der Waals surface area (Å²) in [6, 6.07) is 10.4. The summed E-state index contributed by atoms with van der Waals surface area (Å²) in [5, 5.41) is 0.691. The number of fused-ring (bicyclic) bond motifs is 1. The summed E-state index contributed by atoms with van der Waals surface area (Å²) >= 11 is 9.60. The van der Waals surface area contributed by atoms with Crippen LogP contribution in [-0.2, 0) is 6.42 Å². The molecule has 1 heterocycles. The second kappa shape index (κ2) is 4.28. The van der Waals surface area contributed by atoms with Gasteiger partial charge in [-0.05, 0) is 45.1 Å². The number of halogens is 2. The van der Waals surface area contributed by atoms with E-state index >= 15 is 0 Å². The van der Waals surface area contributed by atoms with Crippen LogP contribution in [0, 0.1) is 0 Å². The predicted octanol–water partition coefficient (Wildman–Crippen LogP) is 4.49. The smallest absolute Gasteiger partial charge is 0.106 e. The Hall–Kier alpha value is -1.12. The number of rotatable bonds is 1. The van der Waals surface area contributed by atoms with Crippen LogP contribution >= 0.6 is 27.5 Å². The van der Waals surface area contributed by atoms with Gasteiger partial charge >= 0.3 is 0 Å². The van der Waals surface area contributed by atoms with Gasteiger partial charge < -0.3 is 0 Å². The van der Waals surface area contributed by atoms with Gasteiger partial charge in [0.2, 0.25) is 0 Å². The fourth-order valence-corrected chi connectivity index (χ4v) is 2.69. The lowest BCUT2D eigenvalue weighted by Gasteiger charge is -2.08. The second-order valence-corrected chi connectivity index (χ2v) is 5.19. The molecule has 3 rings (SSSR count). The van der Waals surface area contributed by atoms with Crippen LogP contribution in [0.25, 0.3) is 5.57 Å². The molecule has 0 amide bonds. The number of allylic oxidation sites excluding steroid dienone is 1. The van der Waals surface area contributed by atoms with Crippen molar-refractivity contribution in [1.29, 1.82) is 0 Å². The third-order valence-electron chi connectivity index (χ3n) is 2.95. The van der Waals surface area contributed by atoms with Gasteiger partial charge in [0.25, 0.3) is 0 Å². The van der Waals surface area contributed by atoms with Crippen molar-refractivity contribution in [1.82, 2.24) is 4.98 Å². The van der Waals surface area contributed by atoms with E-state index in [0.717, 1.165) is 16.6 Å². The Bertz CT molecular complexity index is 619. The highest BCUT2D eigenvalue weighted by Gasteiger charge is 2.17. The minimum atomic E-state index is 0.691. The Morgan fingerprint density at radius 1 is 1.18 bits per heavy atom. The lowest BCUT2D eigenvalue weighted by molar-refractivity contribution is 1.27. The van der Waals surface area contributed by atoms with Gasteiger partial charge in [-0.2, -0.15) is 0 Å². The monoisotopic (exact) mass is 305 g/mol. The Balaban J connectivity index is 2.16. The highest BCUT2D eigenvalue weighted by Crippen LogP contribution is 2.36. The summed E-state index contributed by atoms with van der Waals surface area (Å²) in [7, 11) is 0. The molecule has 0 unspecified atom stereocenters. The van der Waals surface area contributed by atoms with Crippen LogP contribution in [0.4, 0.5) is 0 Å². The first-order valence-electron chi connectivity index (χ1n) is 5.35. The highest BCUT2D eigenvalue weighted by atomic mass is 79.9. The maximum Gasteiger partial charge on any atom is 0.106 e. The maximum absolute atomic E-state index is 6.22. The van der Waals surface area contributed by atoms with E-state index in [9.17, 15) is 0 Å². The Kier molecular flexibility index (Phi) is 2.77. The van der Waals surface area contributed by atoms with Crippen molar-refractivity contribution in [3.8, 4) is 0 Å². The summed E-state index contributed by atoms with van der Waals surface area (Å²) in [5.41, 5.74) is 4.87. The molecule has 0 spiro atoms. The second-order valence-electron chi connectivity index (χ2n) is 3.97. The molecule has 1 nitrogen and oxygen atoms in total. The van der Waals surface area contributed by atoms with Gasteiger partial charge in [-0.1, -0.05) is 41.9 Å². The largest absolute Gasteiger partial charge is 0.248 e. The van der Waals surface area contributed by atoms with Gasteiger partial charge in [0, 0.05) is 11.8 Å². The quantitative estimate of drug-likeness (QED) is 0.708. The lowest BCUT2D eigenvalue weighted by Crippen LogP contribution is -1.89. The van der Waals surface area contributed by atoms with Crippen LogP contribution < -0.4 is 0 Å². The van der Waals surface area contributed by atoms with E-state index < -0.39 is 0 Å². The minimum absolute atomic E-state index is 0.691. The molecule has 2 aromatic rings. The number of pyridine rings is 1. The van der Waals surface area contributed by atoms with Crippen LogP contribution in [-0.4, -0.2) is 4.98 Å². The number of hydrogen-bond acceptors (Lipinski definition) is 1. The van der Waals surface area contributed by atoms with E-state index in [1.807, 2.05) is 6.07 Å². The molecule has 0 saturated heterocycles. The third-order valence-corrected chi connectivity index (χ3v) is 3.68. The van der Waals surface area contributed by atoms with Crippen molar-refractivity contribution in [3.05, 3.63) is 68.9 Å². The SMILES string of the molecule is Clc1cnc(Br)cc1C1=CCc2ccccc21. The van der Waals surface area contributed by atoms with Gasteiger partial charge in [-0.15, -0.1) is 0 Å². The average molecular weight is 307 g/mol. The van der Waals surface area contributed by atoms with Crippen LogP contribution in [0.15, 0.2) is 47.2 Å². The zero-order chi connectivity index (χ0) is 11.8. The van der Waals surface area contributed by atoms with Gasteiger partial charge in [0.1, 0.15) is 4.60 Å². The predicted molar refractivity (Wildman–Crippen MR) is 74.2 cm³/mol. The van der Waals surface area contributed by atoms with Crippen molar-refractivity contribution >= 4 is 33.1 Å². The normalized spacial score (nSPS) is 13.4. The van der Waals surface area contributed by atoms with Crippen molar-refractivity contribution in [3.63, 3.8) is 0 Å². The van der Waals surface area contributed by atoms with E-state index in [2.05, 4.69) is 51.3 Å². The van der Waals surface area contributed by atoms with E-state index in [1.54, 1.807) is 6.20 Å². The molecule has 1 aliphatic carbocycles. The van der Waals surface area contributed by atoms with Gasteiger partial charge in [0.15, 0.2) is 0 Å². The molecular weight excluding hydrogens is 298 g/mol. The molecule has 1 aromatic heterocycles. The molecule has 0 radical (unpaired) electrons. The first kappa shape index (κ1) is 11.0. The first-order valence-corrected chi connectivity index (χ1v) is 6.52.